The van der Waals surface area contributed by atoms with E-state index in [0.29, 0.717) is 17.3 Å². The highest BCUT2D eigenvalue weighted by atomic mass is 16.2. The van der Waals surface area contributed by atoms with Crippen LogP contribution in [0.15, 0.2) is 55.0 Å². The van der Waals surface area contributed by atoms with Crippen molar-refractivity contribution in [1.82, 2.24) is 24.8 Å². The summed E-state index contributed by atoms with van der Waals surface area (Å²) in [5.74, 6) is -1.56. The molecule has 1 atom stereocenters. The van der Waals surface area contributed by atoms with E-state index >= 15 is 0 Å². The predicted octanol–water partition coefficient (Wildman–Crippen LogP) is 0.366. The molecule has 28 heavy (non-hydrogen) atoms. The van der Waals surface area contributed by atoms with Crippen molar-refractivity contribution in [2.75, 3.05) is 0 Å². The summed E-state index contributed by atoms with van der Waals surface area (Å²) in [6, 6.07) is 9.28. The van der Waals surface area contributed by atoms with Crippen LogP contribution in [0.25, 0.3) is 5.82 Å². The summed E-state index contributed by atoms with van der Waals surface area (Å²) in [6.45, 7) is 1.73. The van der Waals surface area contributed by atoms with Crippen molar-refractivity contribution in [2.24, 2.45) is 5.73 Å². The fourth-order valence-corrected chi connectivity index (χ4v) is 2.72. The Hall–Kier alpha value is -3.88. The Morgan fingerprint density at radius 1 is 1.07 bits per heavy atom. The van der Waals surface area contributed by atoms with Crippen LogP contribution in [0.2, 0.25) is 0 Å². The molecule has 0 bridgehead atoms. The maximum absolute atomic E-state index is 12.9. The second-order valence-electron chi connectivity index (χ2n) is 5.99. The van der Waals surface area contributed by atoms with Crippen LogP contribution in [0.1, 0.15) is 22.0 Å². The van der Waals surface area contributed by atoms with Crippen LogP contribution in [0.5, 0.6) is 0 Å². The maximum atomic E-state index is 12.9. The molecule has 3 aromatic rings. The van der Waals surface area contributed by atoms with Gasteiger partial charge in [0.25, 0.3) is 11.8 Å². The highest BCUT2D eigenvalue weighted by molar-refractivity contribution is 6.38. The van der Waals surface area contributed by atoms with E-state index in [2.05, 4.69) is 20.3 Å². The molecule has 0 radical (unpaired) electrons. The molecule has 3 heterocycles. The number of aromatic nitrogens is 4. The van der Waals surface area contributed by atoms with E-state index in [0.717, 1.165) is 0 Å². The number of nitrogens with two attached hydrogens (primary N) is 1. The van der Waals surface area contributed by atoms with Crippen LogP contribution >= 0.6 is 0 Å². The number of carbonyl (C=O) groups excluding carboxylic acids is 3. The summed E-state index contributed by atoms with van der Waals surface area (Å²) in [4.78, 5) is 49.0. The van der Waals surface area contributed by atoms with Gasteiger partial charge in [0, 0.05) is 24.5 Å². The SMILES string of the molecule is Cc1ncc(C(=O)NC(Cc2ccccn2)C(=O)C(N)=O)n1-c1ccccn1. The molecule has 3 aromatic heterocycles. The van der Waals surface area contributed by atoms with Crippen LogP contribution in [0.4, 0.5) is 0 Å². The number of carbonyl (C=O) groups is 3. The number of aryl methyl sites for hydroxylation is 1. The smallest absolute Gasteiger partial charge is 0.287 e. The second-order valence-corrected chi connectivity index (χ2v) is 5.99. The van der Waals surface area contributed by atoms with Gasteiger partial charge in [-0.2, -0.15) is 0 Å². The molecule has 0 saturated carbocycles. The fraction of sp³-hybridized carbons (Fsp3) is 0.158. The molecule has 9 nitrogen and oxygen atoms in total. The Labute approximate surface area is 160 Å². The highest BCUT2D eigenvalue weighted by Gasteiger charge is 2.28. The number of ketones is 1. The molecule has 9 heteroatoms. The van der Waals surface area contributed by atoms with E-state index in [1.54, 1.807) is 60.3 Å². The Kier molecular flexibility index (Phi) is 5.54. The molecule has 0 aliphatic carbocycles. The Morgan fingerprint density at radius 2 is 1.79 bits per heavy atom. The number of hydrogen-bond donors (Lipinski definition) is 2. The van der Waals surface area contributed by atoms with E-state index in [-0.39, 0.29) is 12.1 Å². The van der Waals surface area contributed by atoms with Gasteiger partial charge in [-0.25, -0.2) is 9.97 Å². The number of primary amides is 1. The average Bonchev–Trinajstić information content (AvgIpc) is 3.09. The van der Waals surface area contributed by atoms with Gasteiger partial charge in [0.05, 0.1) is 6.20 Å². The van der Waals surface area contributed by atoms with Crippen molar-refractivity contribution in [3.05, 3.63) is 72.2 Å². The third-order valence-corrected chi connectivity index (χ3v) is 4.05. The van der Waals surface area contributed by atoms with Gasteiger partial charge in [0.2, 0.25) is 5.78 Å². The van der Waals surface area contributed by atoms with E-state index < -0.39 is 23.6 Å². The number of nitrogens with zero attached hydrogens (tertiary/aromatic N) is 4. The van der Waals surface area contributed by atoms with E-state index in [4.69, 9.17) is 5.73 Å². The van der Waals surface area contributed by atoms with Gasteiger partial charge in [0.1, 0.15) is 23.4 Å². The van der Waals surface area contributed by atoms with Crippen molar-refractivity contribution in [3.63, 3.8) is 0 Å². The molecule has 0 fully saturated rings. The van der Waals surface area contributed by atoms with Crippen molar-refractivity contribution < 1.29 is 14.4 Å². The van der Waals surface area contributed by atoms with Gasteiger partial charge in [-0.3, -0.25) is 23.9 Å². The van der Waals surface area contributed by atoms with Gasteiger partial charge in [-0.15, -0.1) is 0 Å². The number of imidazole rings is 1. The molecular weight excluding hydrogens is 360 g/mol. The molecule has 1 unspecified atom stereocenters. The van der Waals surface area contributed by atoms with Crippen molar-refractivity contribution in [1.29, 1.82) is 0 Å². The molecule has 3 N–H and O–H groups in total. The second kappa shape index (κ2) is 8.21. The van der Waals surface area contributed by atoms with Gasteiger partial charge >= 0.3 is 0 Å². The predicted molar refractivity (Wildman–Crippen MR) is 99.5 cm³/mol. The van der Waals surface area contributed by atoms with Crippen LogP contribution in [0, 0.1) is 6.92 Å². The average molecular weight is 378 g/mol. The van der Waals surface area contributed by atoms with Gasteiger partial charge < -0.3 is 11.1 Å². The number of rotatable bonds is 7. The minimum Gasteiger partial charge on any atom is -0.363 e. The van der Waals surface area contributed by atoms with E-state index in [9.17, 15) is 14.4 Å². The van der Waals surface area contributed by atoms with Crippen molar-refractivity contribution >= 4 is 17.6 Å². The zero-order chi connectivity index (χ0) is 20.1. The molecule has 2 amide bonds. The summed E-state index contributed by atoms with van der Waals surface area (Å²) in [7, 11) is 0. The summed E-state index contributed by atoms with van der Waals surface area (Å²) in [5.41, 5.74) is 5.86. The van der Waals surface area contributed by atoms with Crippen LogP contribution in [-0.4, -0.2) is 43.2 Å². The third-order valence-electron chi connectivity index (χ3n) is 4.05. The molecule has 142 valence electrons. The number of Topliss-reactive ketones (excluding diaryl/α,β-unsaturated/α-hetero) is 1. The first-order valence-corrected chi connectivity index (χ1v) is 8.47. The molecule has 3 rings (SSSR count). The lowest BCUT2D eigenvalue weighted by Crippen LogP contribution is -2.47. The van der Waals surface area contributed by atoms with Gasteiger partial charge in [-0.1, -0.05) is 12.1 Å². The van der Waals surface area contributed by atoms with Gasteiger partial charge in [-0.05, 0) is 31.2 Å². The first-order chi connectivity index (χ1) is 13.5. The molecule has 0 aromatic carbocycles. The molecular formula is C19H18N6O3. The lowest BCUT2D eigenvalue weighted by Gasteiger charge is -2.16. The number of pyridine rings is 2. The third kappa shape index (κ3) is 4.09. The molecule has 0 aliphatic rings. The standard InChI is InChI=1S/C19H18N6O3/c1-12-23-11-15(25(12)16-7-3-5-9-22-16)19(28)24-14(17(26)18(20)27)10-13-6-2-4-8-21-13/h2-9,11,14H,10H2,1H3,(H2,20,27)(H,24,28). The summed E-state index contributed by atoms with van der Waals surface area (Å²) < 4.78 is 1.56. The summed E-state index contributed by atoms with van der Waals surface area (Å²) in [6.07, 6.45) is 4.57. The van der Waals surface area contributed by atoms with Crippen LogP contribution < -0.4 is 11.1 Å². The van der Waals surface area contributed by atoms with Gasteiger partial charge in [0.15, 0.2) is 0 Å². The monoisotopic (exact) mass is 378 g/mol. The Balaban J connectivity index is 1.89. The maximum Gasteiger partial charge on any atom is 0.287 e. The van der Waals surface area contributed by atoms with Crippen LogP contribution in [0.3, 0.4) is 0 Å². The molecule has 0 spiro atoms. The zero-order valence-electron chi connectivity index (χ0n) is 15.1. The molecule has 0 saturated heterocycles. The highest BCUT2D eigenvalue weighted by Crippen LogP contribution is 2.13. The van der Waals surface area contributed by atoms with E-state index in [1.807, 2.05) is 0 Å². The largest absolute Gasteiger partial charge is 0.363 e. The lowest BCUT2D eigenvalue weighted by atomic mass is 10.1. The quantitative estimate of drug-likeness (QED) is 0.571. The summed E-state index contributed by atoms with van der Waals surface area (Å²) in [5, 5.41) is 2.57. The number of amides is 2. The minimum absolute atomic E-state index is 0.0328. The first kappa shape index (κ1) is 18.9. The topological polar surface area (TPSA) is 133 Å². The lowest BCUT2D eigenvalue weighted by molar-refractivity contribution is -0.137. The normalized spacial score (nSPS) is 11.6. The minimum atomic E-state index is -1.15. The first-order valence-electron chi connectivity index (χ1n) is 8.47. The zero-order valence-corrected chi connectivity index (χ0v) is 15.1. The number of nitrogens with one attached hydrogen (secondary N) is 1. The fourth-order valence-electron chi connectivity index (χ4n) is 2.72. The molecule has 0 aliphatic heterocycles. The summed E-state index contributed by atoms with van der Waals surface area (Å²) >= 11 is 0. The van der Waals surface area contributed by atoms with Crippen molar-refractivity contribution in [2.45, 2.75) is 19.4 Å². The Morgan fingerprint density at radius 3 is 2.39 bits per heavy atom. The van der Waals surface area contributed by atoms with Crippen LogP contribution in [-0.2, 0) is 16.0 Å². The van der Waals surface area contributed by atoms with E-state index in [1.165, 1.54) is 6.20 Å². The Bertz CT molecular complexity index is 1000. The van der Waals surface area contributed by atoms with Crippen molar-refractivity contribution in [3.8, 4) is 5.82 Å². The number of hydrogen-bond acceptors (Lipinski definition) is 6.